The van der Waals surface area contributed by atoms with Gasteiger partial charge in [-0.2, -0.15) is 0 Å². The molecule has 1 aromatic carbocycles. The van der Waals surface area contributed by atoms with E-state index >= 15 is 0 Å². The number of rotatable bonds is 6. The summed E-state index contributed by atoms with van der Waals surface area (Å²) in [6.07, 6.45) is 3.32. The van der Waals surface area contributed by atoms with Gasteiger partial charge in [0, 0.05) is 38.9 Å². The van der Waals surface area contributed by atoms with Crippen LogP contribution in [0.5, 0.6) is 5.75 Å². The molecule has 0 aromatic heterocycles. The van der Waals surface area contributed by atoms with Crippen molar-refractivity contribution in [2.24, 2.45) is 0 Å². The van der Waals surface area contributed by atoms with Crippen LogP contribution in [-0.2, 0) is 9.53 Å². The van der Waals surface area contributed by atoms with Gasteiger partial charge in [-0.05, 0) is 25.0 Å². The highest BCUT2D eigenvalue weighted by Gasteiger charge is 2.40. The predicted molar refractivity (Wildman–Crippen MR) is 94.5 cm³/mol. The van der Waals surface area contributed by atoms with E-state index in [1.54, 1.807) is 4.90 Å². The first-order chi connectivity index (χ1) is 12.9. The third-order valence-corrected chi connectivity index (χ3v) is 5.25. The quantitative estimate of drug-likeness (QED) is 0.804. The molecular formula is C19H26F2N2O4. The molecule has 0 spiro atoms. The smallest absolute Gasteiger partial charge is 0.248 e. The van der Waals surface area contributed by atoms with Crippen LogP contribution >= 0.6 is 0 Å². The Kier molecular flexibility index (Phi) is 6.29. The number of methoxy groups -OCH3 is 1. The topological polar surface area (TPSA) is 62.2 Å². The lowest BCUT2D eigenvalue weighted by molar-refractivity contribution is -0.138. The minimum atomic E-state index is -1.32. The van der Waals surface area contributed by atoms with E-state index in [0.717, 1.165) is 31.4 Å². The van der Waals surface area contributed by atoms with Crippen molar-refractivity contribution in [2.75, 3.05) is 46.5 Å². The molecule has 1 aromatic rings. The average molecular weight is 384 g/mol. The summed E-state index contributed by atoms with van der Waals surface area (Å²) in [5, 5.41) is 11.2. The largest absolute Gasteiger partial charge is 0.490 e. The SMILES string of the molecule is COCC(=O)N1CCN(C2CCC2)C[C@](O)(COc2ccc(F)c(F)c2)C1. The van der Waals surface area contributed by atoms with E-state index < -0.39 is 17.2 Å². The molecule has 0 unspecified atom stereocenters. The van der Waals surface area contributed by atoms with Gasteiger partial charge in [-0.3, -0.25) is 9.69 Å². The molecule has 3 rings (SSSR count). The van der Waals surface area contributed by atoms with Gasteiger partial charge in [-0.1, -0.05) is 6.42 Å². The van der Waals surface area contributed by atoms with Crippen LogP contribution in [0.3, 0.4) is 0 Å². The molecule has 1 aliphatic heterocycles. The Labute approximate surface area is 157 Å². The lowest BCUT2D eigenvalue weighted by Gasteiger charge is -2.40. The third-order valence-electron chi connectivity index (χ3n) is 5.25. The third kappa shape index (κ3) is 4.94. The summed E-state index contributed by atoms with van der Waals surface area (Å²) >= 11 is 0. The van der Waals surface area contributed by atoms with E-state index in [0.29, 0.717) is 25.7 Å². The summed E-state index contributed by atoms with van der Waals surface area (Å²) < 4.78 is 37.0. The molecule has 0 radical (unpaired) electrons. The number of carbonyl (C=O) groups excluding carboxylic acids is 1. The van der Waals surface area contributed by atoms with Crippen LogP contribution in [0.4, 0.5) is 8.78 Å². The van der Waals surface area contributed by atoms with Gasteiger partial charge in [-0.15, -0.1) is 0 Å². The maximum atomic E-state index is 13.4. The Balaban J connectivity index is 1.72. The van der Waals surface area contributed by atoms with Crippen molar-refractivity contribution in [2.45, 2.75) is 30.9 Å². The maximum absolute atomic E-state index is 13.4. The Morgan fingerprint density at radius 1 is 1.26 bits per heavy atom. The molecule has 27 heavy (non-hydrogen) atoms. The fraction of sp³-hybridized carbons (Fsp3) is 0.632. The van der Waals surface area contributed by atoms with Gasteiger partial charge in [0.15, 0.2) is 11.6 Å². The van der Waals surface area contributed by atoms with Crippen molar-refractivity contribution < 1.29 is 28.2 Å². The first-order valence-corrected chi connectivity index (χ1v) is 9.21. The van der Waals surface area contributed by atoms with E-state index in [-0.39, 0.29) is 31.4 Å². The van der Waals surface area contributed by atoms with Gasteiger partial charge in [-0.25, -0.2) is 8.78 Å². The second kappa shape index (κ2) is 8.50. The molecule has 6 nitrogen and oxygen atoms in total. The molecule has 1 saturated carbocycles. The van der Waals surface area contributed by atoms with E-state index in [9.17, 15) is 18.7 Å². The number of aliphatic hydroxyl groups is 1. The molecule has 1 saturated heterocycles. The summed E-state index contributed by atoms with van der Waals surface area (Å²) in [6.45, 7) is 1.46. The number of amides is 1. The van der Waals surface area contributed by atoms with Crippen LogP contribution in [0, 0.1) is 11.6 Å². The molecule has 8 heteroatoms. The van der Waals surface area contributed by atoms with E-state index in [4.69, 9.17) is 9.47 Å². The zero-order valence-electron chi connectivity index (χ0n) is 15.5. The molecule has 2 fully saturated rings. The Bertz CT molecular complexity index is 671. The van der Waals surface area contributed by atoms with Crippen LogP contribution in [0.25, 0.3) is 0 Å². The zero-order valence-corrected chi connectivity index (χ0v) is 15.5. The normalized spacial score (nSPS) is 24.4. The summed E-state index contributed by atoms with van der Waals surface area (Å²) in [5.41, 5.74) is -1.32. The Morgan fingerprint density at radius 3 is 2.67 bits per heavy atom. The Morgan fingerprint density at radius 2 is 2.04 bits per heavy atom. The lowest BCUT2D eigenvalue weighted by Crippen LogP contribution is -2.54. The highest BCUT2D eigenvalue weighted by Crippen LogP contribution is 2.28. The second-order valence-corrected chi connectivity index (χ2v) is 7.39. The maximum Gasteiger partial charge on any atom is 0.248 e. The number of β-amino-alcohol motifs (C(OH)–C–C–N with tert-alkyl or cyclic N) is 1. The number of ether oxygens (including phenoxy) is 2. The highest BCUT2D eigenvalue weighted by atomic mass is 19.2. The van der Waals surface area contributed by atoms with Gasteiger partial charge >= 0.3 is 0 Å². The summed E-state index contributed by atoms with van der Waals surface area (Å²) in [5.74, 6) is -2.02. The van der Waals surface area contributed by atoms with Crippen molar-refractivity contribution in [1.82, 2.24) is 9.80 Å². The molecule has 1 N–H and O–H groups in total. The predicted octanol–water partition coefficient (Wildman–Crippen LogP) is 1.42. The van der Waals surface area contributed by atoms with E-state index in [2.05, 4.69) is 4.90 Å². The van der Waals surface area contributed by atoms with E-state index in [1.165, 1.54) is 13.2 Å². The summed E-state index contributed by atoms with van der Waals surface area (Å²) in [4.78, 5) is 16.1. The Hall–Kier alpha value is -1.77. The van der Waals surface area contributed by atoms with Gasteiger partial charge in [0.05, 0.1) is 6.54 Å². The first kappa shape index (κ1) is 20.0. The van der Waals surface area contributed by atoms with Gasteiger partial charge in [0.1, 0.15) is 24.6 Å². The number of hydrogen-bond donors (Lipinski definition) is 1. The van der Waals surface area contributed by atoms with Crippen LogP contribution < -0.4 is 4.74 Å². The number of carbonyl (C=O) groups is 1. The highest BCUT2D eigenvalue weighted by molar-refractivity contribution is 5.77. The minimum absolute atomic E-state index is 0.0520. The van der Waals surface area contributed by atoms with Crippen molar-refractivity contribution in [3.63, 3.8) is 0 Å². The van der Waals surface area contributed by atoms with Crippen molar-refractivity contribution in [1.29, 1.82) is 0 Å². The fourth-order valence-electron chi connectivity index (χ4n) is 3.56. The first-order valence-electron chi connectivity index (χ1n) is 9.21. The molecule has 1 aliphatic carbocycles. The number of halogens is 2. The summed E-state index contributed by atoms with van der Waals surface area (Å²) in [7, 11) is 1.45. The van der Waals surface area contributed by atoms with Crippen LogP contribution in [0.1, 0.15) is 19.3 Å². The van der Waals surface area contributed by atoms with Crippen LogP contribution in [0.2, 0.25) is 0 Å². The molecule has 0 bridgehead atoms. The van der Waals surface area contributed by atoms with Crippen LogP contribution in [0.15, 0.2) is 18.2 Å². The fourth-order valence-corrected chi connectivity index (χ4v) is 3.56. The molecular weight excluding hydrogens is 358 g/mol. The summed E-state index contributed by atoms with van der Waals surface area (Å²) in [6, 6.07) is 3.65. The van der Waals surface area contributed by atoms with E-state index in [1.807, 2.05) is 0 Å². The van der Waals surface area contributed by atoms with Crippen molar-refractivity contribution >= 4 is 5.91 Å². The standard InChI is InChI=1S/C19H26F2N2O4/c1-26-10-18(24)23-8-7-22(14-3-2-4-14)11-19(25,12-23)13-27-15-5-6-16(20)17(21)9-15/h5-6,9,14,25H,2-4,7-8,10-13H2,1H3/t19-/m1/s1. The molecule has 1 atom stereocenters. The average Bonchev–Trinajstić information content (AvgIpc) is 2.74. The lowest BCUT2D eigenvalue weighted by atomic mass is 9.90. The molecule has 1 amide bonds. The molecule has 150 valence electrons. The number of nitrogens with zero attached hydrogens (tertiary/aromatic N) is 2. The zero-order chi connectivity index (χ0) is 19.4. The monoisotopic (exact) mass is 384 g/mol. The van der Waals surface area contributed by atoms with Crippen molar-refractivity contribution in [3.8, 4) is 5.75 Å². The minimum Gasteiger partial charge on any atom is -0.490 e. The molecule has 2 aliphatic rings. The number of benzene rings is 1. The van der Waals surface area contributed by atoms with Crippen molar-refractivity contribution in [3.05, 3.63) is 29.8 Å². The van der Waals surface area contributed by atoms with Gasteiger partial charge in [0.2, 0.25) is 5.91 Å². The van der Waals surface area contributed by atoms with Crippen LogP contribution in [-0.4, -0.2) is 79.0 Å². The number of hydrogen-bond acceptors (Lipinski definition) is 5. The van der Waals surface area contributed by atoms with Gasteiger partial charge in [0.25, 0.3) is 0 Å². The molecule has 1 heterocycles. The second-order valence-electron chi connectivity index (χ2n) is 7.39. The van der Waals surface area contributed by atoms with Gasteiger partial charge < -0.3 is 19.5 Å².